The van der Waals surface area contributed by atoms with Crippen LogP contribution in [0, 0.1) is 0 Å². The fraction of sp³-hybridized carbons (Fsp3) is 0.308. The van der Waals surface area contributed by atoms with E-state index in [1.165, 1.54) is 6.20 Å². The first-order valence-electron chi connectivity index (χ1n) is 6.24. The first-order chi connectivity index (χ1) is 9.60. The van der Waals surface area contributed by atoms with Crippen molar-refractivity contribution in [3.63, 3.8) is 0 Å². The molecule has 0 aliphatic heterocycles. The molecule has 0 aliphatic carbocycles. The van der Waals surface area contributed by atoms with Gasteiger partial charge in [0.25, 0.3) is 0 Å². The third-order valence-electron chi connectivity index (χ3n) is 2.66. The highest BCUT2D eigenvalue weighted by Gasteiger charge is 2.12. The van der Waals surface area contributed by atoms with Crippen molar-refractivity contribution in [1.29, 1.82) is 0 Å². The van der Waals surface area contributed by atoms with Crippen molar-refractivity contribution >= 4 is 17.5 Å². The standard InChI is InChI=1S/C13H17N5O2/c1-3-20-13(19)10-4-12(16-7-11(10)14)15-5-9-6-17-18(2)8-9/h4,6-8H,3,5,14H2,1-2H3,(H,15,16). The largest absolute Gasteiger partial charge is 0.462 e. The first-order valence-corrected chi connectivity index (χ1v) is 6.24. The first kappa shape index (κ1) is 13.9. The van der Waals surface area contributed by atoms with Crippen LogP contribution in [0.25, 0.3) is 0 Å². The number of carbonyl (C=O) groups is 1. The zero-order chi connectivity index (χ0) is 14.5. The highest BCUT2D eigenvalue weighted by molar-refractivity contribution is 5.95. The number of nitrogens with zero attached hydrogens (tertiary/aromatic N) is 3. The van der Waals surface area contributed by atoms with Crippen LogP contribution in [0.15, 0.2) is 24.7 Å². The summed E-state index contributed by atoms with van der Waals surface area (Å²) in [6, 6.07) is 1.59. The summed E-state index contributed by atoms with van der Waals surface area (Å²) < 4.78 is 6.66. The Balaban J connectivity index is 2.08. The topological polar surface area (TPSA) is 95.1 Å². The van der Waals surface area contributed by atoms with E-state index in [1.807, 2.05) is 13.2 Å². The molecule has 7 nitrogen and oxygen atoms in total. The van der Waals surface area contributed by atoms with Gasteiger partial charge in [0.15, 0.2) is 0 Å². The van der Waals surface area contributed by atoms with Gasteiger partial charge in [-0.1, -0.05) is 0 Å². The number of hydrogen-bond acceptors (Lipinski definition) is 6. The lowest BCUT2D eigenvalue weighted by Gasteiger charge is -2.08. The molecule has 0 radical (unpaired) electrons. The van der Waals surface area contributed by atoms with Gasteiger partial charge in [-0.25, -0.2) is 9.78 Å². The van der Waals surface area contributed by atoms with Gasteiger partial charge in [-0.3, -0.25) is 4.68 Å². The van der Waals surface area contributed by atoms with Gasteiger partial charge in [0.05, 0.1) is 30.3 Å². The van der Waals surface area contributed by atoms with Crippen LogP contribution in [0.2, 0.25) is 0 Å². The van der Waals surface area contributed by atoms with Crippen LogP contribution in [0.5, 0.6) is 0 Å². The lowest BCUT2D eigenvalue weighted by molar-refractivity contribution is 0.0527. The number of carbonyl (C=O) groups excluding carboxylic acids is 1. The van der Waals surface area contributed by atoms with E-state index in [9.17, 15) is 4.79 Å². The lowest BCUT2D eigenvalue weighted by Crippen LogP contribution is -2.10. The minimum atomic E-state index is -0.447. The zero-order valence-corrected chi connectivity index (χ0v) is 11.5. The van der Waals surface area contributed by atoms with E-state index in [4.69, 9.17) is 10.5 Å². The molecule has 3 N–H and O–H groups in total. The van der Waals surface area contributed by atoms with Crippen molar-refractivity contribution < 1.29 is 9.53 Å². The number of nitrogen functional groups attached to an aromatic ring is 1. The molecule has 7 heteroatoms. The van der Waals surface area contributed by atoms with Crippen LogP contribution in [0.4, 0.5) is 11.5 Å². The van der Waals surface area contributed by atoms with Crippen LogP contribution < -0.4 is 11.1 Å². The fourth-order valence-electron chi connectivity index (χ4n) is 1.70. The zero-order valence-electron chi connectivity index (χ0n) is 11.5. The summed E-state index contributed by atoms with van der Waals surface area (Å²) in [5, 5.41) is 7.19. The Kier molecular flexibility index (Phi) is 4.19. The average Bonchev–Trinajstić information content (AvgIpc) is 2.84. The predicted octanol–water partition coefficient (Wildman–Crippen LogP) is 1.19. The monoisotopic (exact) mass is 275 g/mol. The van der Waals surface area contributed by atoms with Gasteiger partial charge in [0, 0.05) is 25.4 Å². The van der Waals surface area contributed by atoms with Gasteiger partial charge < -0.3 is 15.8 Å². The van der Waals surface area contributed by atoms with Crippen molar-refractivity contribution in [2.75, 3.05) is 17.7 Å². The van der Waals surface area contributed by atoms with Gasteiger partial charge in [-0.2, -0.15) is 5.10 Å². The highest BCUT2D eigenvalue weighted by Crippen LogP contribution is 2.16. The Hall–Kier alpha value is -2.57. The molecule has 2 heterocycles. The molecule has 0 unspecified atom stereocenters. The summed E-state index contributed by atoms with van der Waals surface area (Å²) in [4.78, 5) is 15.9. The third-order valence-corrected chi connectivity index (χ3v) is 2.66. The SMILES string of the molecule is CCOC(=O)c1cc(NCc2cnn(C)c2)ncc1N. The molecule has 2 rings (SSSR count). The van der Waals surface area contributed by atoms with Crippen molar-refractivity contribution in [2.45, 2.75) is 13.5 Å². The number of ether oxygens (including phenoxy) is 1. The minimum Gasteiger partial charge on any atom is -0.462 e. The van der Waals surface area contributed by atoms with Crippen molar-refractivity contribution in [3.05, 3.63) is 35.8 Å². The summed E-state index contributed by atoms with van der Waals surface area (Å²) in [6.07, 6.45) is 5.10. The smallest absolute Gasteiger partial charge is 0.340 e. The van der Waals surface area contributed by atoms with Gasteiger partial charge in [-0.05, 0) is 13.0 Å². The molecule has 20 heavy (non-hydrogen) atoms. The predicted molar refractivity (Wildman–Crippen MR) is 75.1 cm³/mol. The summed E-state index contributed by atoms with van der Waals surface area (Å²) in [6.45, 7) is 2.61. The Morgan fingerprint density at radius 1 is 1.50 bits per heavy atom. The number of aryl methyl sites for hydroxylation is 1. The molecule has 106 valence electrons. The molecule has 0 aliphatic rings. The van der Waals surface area contributed by atoms with E-state index in [1.54, 1.807) is 23.9 Å². The minimum absolute atomic E-state index is 0.301. The molecular formula is C13H17N5O2. The molecule has 0 bridgehead atoms. The Morgan fingerprint density at radius 3 is 2.95 bits per heavy atom. The Morgan fingerprint density at radius 2 is 2.30 bits per heavy atom. The molecule has 0 spiro atoms. The summed E-state index contributed by atoms with van der Waals surface area (Å²) in [5.74, 6) is 0.114. The second-order valence-corrected chi connectivity index (χ2v) is 4.25. The third kappa shape index (κ3) is 3.25. The maximum atomic E-state index is 11.7. The molecule has 2 aromatic heterocycles. The molecule has 0 fully saturated rings. The number of rotatable bonds is 5. The fourth-order valence-corrected chi connectivity index (χ4v) is 1.70. The van der Waals surface area contributed by atoms with Crippen LogP contribution >= 0.6 is 0 Å². The second kappa shape index (κ2) is 6.05. The number of aromatic nitrogens is 3. The van der Waals surface area contributed by atoms with Gasteiger partial charge >= 0.3 is 5.97 Å². The van der Waals surface area contributed by atoms with E-state index in [-0.39, 0.29) is 0 Å². The maximum absolute atomic E-state index is 11.7. The molecular weight excluding hydrogens is 258 g/mol. The summed E-state index contributed by atoms with van der Waals surface area (Å²) in [7, 11) is 1.85. The van der Waals surface area contributed by atoms with Gasteiger partial charge in [0.1, 0.15) is 5.82 Å². The van der Waals surface area contributed by atoms with Crippen LogP contribution in [0.1, 0.15) is 22.8 Å². The van der Waals surface area contributed by atoms with E-state index < -0.39 is 5.97 Å². The second-order valence-electron chi connectivity index (χ2n) is 4.25. The van der Waals surface area contributed by atoms with Crippen molar-refractivity contribution in [1.82, 2.24) is 14.8 Å². The quantitative estimate of drug-likeness (QED) is 0.796. The summed E-state index contributed by atoms with van der Waals surface area (Å²) >= 11 is 0. The number of nitrogens with one attached hydrogen (secondary N) is 1. The molecule has 0 aromatic carbocycles. The lowest BCUT2D eigenvalue weighted by atomic mass is 10.2. The van der Waals surface area contributed by atoms with E-state index in [0.29, 0.717) is 30.2 Å². The number of pyridine rings is 1. The van der Waals surface area contributed by atoms with Gasteiger partial charge in [-0.15, -0.1) is 0 Å². The van der Waals surface area contributed by atoms with Gasteiger partial charge in [0.2, 0.25) is 0 Å². The number of nitrogens with two attached hydrogens (primary N) is 1. The molecule has 0 saturated carbocycles. The van der Waals surface area contributed by atoms with E-state index >= 15 is 0 Å². The normalized spacial score (nSPS) is 10.3. The molecule has 0 saturated heterocycles. The summed E-state index contributed by atoms with van der Waals surface area (Å²) in [5.41, 5.74) is 7.36. The van der Waals surface area contributed by atoms with Crippen LogP contribution in [-0.4, -0.2) is 27.3 Å². The molecule has 0 amide bonds. The number of anilines is 2. The van der Waals surface area contributed by atoms with E-state index in [0.717, 1.165) is 5.56 Å². The highest BCUT2D eigenvalue weighted by atomic mass is 16.5. The number of hydrogen-bond donors (Lipinski definition) is 2. The average molecular weight is 275 g/mol. The Labute approximate surface area is 116 Å². The van der Waals surface area contributed by atoms with Crippen LogP contribution in [-0.2, 0) is 18.3 Å². The van der Waals surface area contributed by atoms with Crippen molar-refractivity contribution in [3.8, 4) is 0 Å². The Bertz CT molecular complexity index is 609. The van der Waals surface area contributed by atoms with E-state index in [2.05, 4.69) is 15.4 Å². The molecule has 2 aromatic rings. The maximum Gasteiger partial charge on any atom is 0.340 e. The number of esters is 1. The van der Waals surface area contributed by atoms with Crippen LogP contribution in [0.3, 0.4) is 0 Å². The molecule has 0 atom stereocenters. The van der Waals surface area contributed by atoms with Crippen molar-refractivity contribution in [2.24, 2.45) is 7.05 Å².